The van der Waals surface area contributed by atoms with Crippen molar-refractivity contribution in [2.45, 2.75) is 84.1 Å². The molecule has 0 heterocycles. The summed E-state index contributed by atoms with van der Waals surface area (Å²) >= 11 is 0. The highest BCUT2D eigenvalue weighted by Gasteiger charge is 2.59. The van der Waals surface area contributed by atoms with Crippen molar-refractivity contribution in [1.82, 2.24) is 5.32 Å². The molecule has 4 bridgehead atoms. The van der Waals surface area contributed by atoms with Crippen LogP contribution in [0.2, 0.25) is 0 Å². The first-order valence-electron chi connectivity index (χ1n) is 9.36. The van der Waals surface area contributed by atoms with Gasteiger partial charge in [0.1, 0.15) is 0 Å². The van der Waals surface area contributed by atoms with Crippen molar-refractivity contribution < 1.29 is 0 Å². The van der Waals surface area contributed by atoms with E-state index in [0.29, 0.717) is 10.8 Å². The van der Waals surface area contributed by atoms with E-state index < -0.39 is 0 Å². The molecule has 0 aromatic rings. The Bertz CT molecular complexity index is 356. The van der Waals surface area contributed by atoms with E-state index in [1.165, 1.54) is 32.2 Å². The molecule has 5 saturated carbocycles. The summed E-state index contributed by atoms with van der Waals surface area (Å²) in [6, 6.07) is 0.862. The predicted molar refractivity (Wildman–Crippen MR) is 84.6 cm³/mol. The molecular formula is C19H33N. The fourth-order valence-electron chi connectivity index (χ4n) is 7.12. The Hall–Kier alpha value is -0.0400. The second-order valence-electron chi connectivity index (χ2n) is 9.26. The van der Waals surface area contributed by atoms with Crippen molar-refractivity contribution in [1.29, 1.82) is 0 Å². The molecule has 1 nitrogen and oxygen atoms in total. The Balaban J connectivity index is 1.60. The Kier molecular flexibility index (Phi) is 3.22. The van der Waals surface area contributed by atoms with Crippen LogP contribution in [0.1, 0.15) is 78.1 Å². The molecule has 0 amide bonds. The van der Waals surface area contributed by atoms with Gasteiger partial charge in [0, 0.05) is 6.04 Å². The quantitative estimate of drug-likeness (QED) is 0.762. The van der Waals surface area contributed by atoms with Crippen LogP contribution in [0.5, 0.6) is 0 Å². The van der Waals surface area contributed by atoms with Crippen LogP contribution >= 0.6 is 0 Å². The molecule has 114 valence electrons. The fourth-order valence-corrected chi connectivity index (χ4v) is 7.12. The third-order valence-electron chi connectivity index (χ3n) is 7.29. The van der Waals surface area contributed by atoms with Crippen LogP contribution in [0.15, 0.2) is 0 Å². The van der Waals surface area contributed by atoms with Crippen molar-refractivity contribution in [2.75, 3.05) is 6.54 Å². The zero-order valence-electron chi connectivity index (χ0n) is 13.6. The van der Waals surface area contributed by atoms with E-state index >= 15 is 0 Å². The van der Waals surface area contributed by atoms with Gasteiger partial charge in [0.25, 0.3) is 0 Å². The molecule has 0 spiro atoms. The van der Waals surface area contributed by atoms with Gasteiger partial charge in [0.2, 0.25) is 0 Å². The molecule has 5 rings (SSSR count). The second kappa shape index (κ2) is 4.73. The molecule has 3 atom stereocenters. The molecule has 3 unspecified atom stereocenters. The summed E-state index contributed by atoms with van der Waals surface area (Å²) in [5.41, 5.74) is 1.40. The Morgan fingerprint density at radius 2 is 1.80 bits per heavy atom. The van der Waals surface area contributed by atoms with Gasteiger partial charge in [-0.3, -0.25) is 0 Å². The zero-order chi connectivity index (χ0) is 13.8. The number of hydrogen-bond donors (Lipinski definition) is 1. The lowest BCUT2D eigenvalue weighted by atomic mass is 9.42. The highest BCUT2D eigenvalue weighted by Crippen LogP contribution is 2.67. The first-order chi connectivity index (χ1) is 9.62. The summed E-state index contributed by atoms with van der Waals surface area (Å²) in [6.45, 7) is 6.19. The molecule has 0 aliphatic heterocycles. The topological polar surface area (TPSA) is 12.0 Å². The molecular weight excluding hydrogens is 242 g/mol. The highest BCUT2D eigenvalue weighted by atomic mass is 15.0. The van der Waals surface area contributed by atoms with Crippen molar-refractivity contribution in [3.8, 4) is 0 Å². The Morgan fingerprint density at radius 3 is 2.30 bits per heavy atom. The second-order valence-corrected chi connectivity index (χ2v) is 9.26. The summed E-state index contributed by atoms with van der Waals surface area (Å²) in [6.07, 6.45) is 15.2. The van der Waals surface area contributed by atoms with Crippen LogP contribution in [-0.4, -0.2) is 12.6 Å². The molecule has 0 saturated heterocycles. The van der Waals surface area contributed by atoms with E-state index in [9.17, 15) is 0 Å². The van der Waals surface area contributed by atoms with E-state index in [0.717, 1.165) is 23.8 Å². The van der Waals surface area contributed by atoms with Gasteiger partial charge in [-0.25, -0.2) is 0 Å². The molecule has 0 aromatic heterocycles. The molecule has 0 aromatic carbocycles. The minimum atomic E-state index is 0.694. The van der Waals surface area contributed by atoms with Gasteiger partial charge < -0.3 is 5.32 Å². The van der Waals surface area contributed by atoms with Gasteiger partial charge in [-0.05, 0) is 92.9 Å². The maximum absolute atomic E-state index is 4.05. The standard InChI is InChI=1S/C19H33N/c1-3-7-20-17(16-5-4-6-16)19-11-14-8-15(12-19)10-18(2,9-14)13-19/h14-17,20H,3-13H2,1-2H3. The lowest BCUT2D eigenvalue weighted by molar-refractivity contribution is -0.131. The maximum Gasteiger partial charge on any atom is 0.0152 e. The van der Waals surface area contributed by atoms with Crippen molar-refractivity contribution in [3.63, 3.8) is 0 Å². The van der Waals surface area contributed by atoms with E-state index in [1.807, 2.05) is 0 Å². The molecule has 1 heteroatoms. The monoisotopic (exact) mass is 275 g/mol. The molecule has 20 heavy (non-hydrogen) atoms. The van der Waals surface area contributed by atoms with Crippen molar-refractivity contribution in [3.05, 3.63) is 0 Å². The van der Waals surface area contributed by atoms with E-state index in [4.69, 9.17) is 0 Å². The number of rotatable bonds is 5. The first-order valence-corrected chi connectivity index (χ1v) is 9.36. The summed E-state index contributed by atoms with van der Waals surface area (Å²) in [5.74, 6) is 3.17. The zero-order valence-corrected chi connectivity index (χ0v) is 13.6. The Morgan fingerprint density at radius 1 is 1.10 bits per heavy atom. The van der Waals surface area contributed by atoms with Crippen molar-refractivity contribution in [2.24, 2.45) is 28.6 Å². The van der Waals surface area contributed by atoms with Gasteiger partial charge in [-0.1, -0.05) is 20.3 Å². The lowest BCUT2D eigenvalue weighted by Gasteiger charge is -2.65. The number of hydrogen-bond acceptors (Lipinski definition) is 1. The molecule has 5 aliphatic rings. The van der Waals surface area contributed by atoms with Crippen LogP contribution in [0.4, 0.5) is 0 Å². The average molecular weight is 275 g/mol. The third-order valence-corrected chi connectivity index (χ3v) is 7.29. The van der Waals surface area contributed by atoms with Crippen LogP contribution in [0, 0.1) is 28.6 Å². The van der Waals surface area contributed by atoms with Crippen LogP contribution in [0.3, 0.4) is 0 Å². The third kappa shape index (κ3) is 2.07. The van der Waals surface area contributed by atoms with Gasteiger partial charge in [0.05, 0.1) is 0 Å². The highest BCUT2D eigenvalue weighted by molar-refractivity contribution is 5.11. The predicted octanol–water partition coefficient (Wildman–Crippen LogP) is 4.76. The molecule has 0 radical (unpaired) electrons. The van der Waals surface area contributed by atoms with Crippen LogP contribution in [-0.2, 0) is 0 Å². The van der Waals surface area contributed by atoms with E-state index in [-0.39, 0.29) is 0 Å². The van der Waals surface area contributed by atoms with Gasteiger partial charge in [-0.15, -0.1) is 0 Å². The molecule has 5 fully saturated rings. The minimum absolute atomic E-state index is 0.694. The van der Waals surface area contributed by atoms with Crippen LogP contribution < -0.4 is 5.32 Å². The lowest BCUT2D eigenvalue weighted by Crippen LogP contribution is -2.61. The fraction of sp³-hybridized carbons (Fsp3) is 1.00. The van der Waals surface area contributed by atoms with Crippen molar-refractivity contribution >= 4 is 0 Å². The summed E-state index contributed by atoms with van der Waals surface area (Å²) in [5, 5.41) is 4.05. The summed E-state index contributed by atoms with van der Waals surface area (Å²) in [7, 11) is 0. The van der Waals surface area contributed by atoms with E-state index in [2.05, 4.69) is 19.2 Å². The SMILES string of the molecule is CCCNC(C1CCC1)C12CC3CC(CC(C)(C3)C1)C2. The smallest absolute Gasteiger partial charge is 0.0152 e. The largest absolute Gasteiger partial charge is 0.313 e. The Labute approximate surface area is 125 Å². The minimum Gasteiger partial charge on any atom is -0.313 e. The van der Waals surface area contributed by atoms with E-state index in [1.54, 1.807) is 38.5 Å². The van der Waals surface area contributed by atoms with Crippen LogP contribution in [0.25, 0.3) is 0 Å². The first kappa shape index (κ1) is 13.6. The molecule has 1 N–H and O–H groups in total. The summed E-state index contributed by atoms with van der Waals surface area (Å²) in [4.78, 5) is 0. The summed E-state index contributed by atoms with van der Waals surface area (Å²) < 4.78 is 0. The van der Waals surface area contributed by atoms with Gasteiger partial charge >= 0.3 is 0 Å². The number of nitrogens with one attached hydrogen (secondary N) is 1. The normalized spacial score (nSPS) is 48.3. The average Bonchev–Trinajstić information content (AvgIpc) is 2.28. The van der Waals surface area contributed by atoms with Gasteiger partial charge in [0.15, 0.2) is 0 Å². The van der Waals surface area contributed by atoms with Gasteiger partial charge in [-0.2, -0.15) is 0 Å². The maximum atomic E-state index is 4.05. The molecule has 5 aliphatic carbocycles.